The van der Waals surface area contributed by atoms with Crippen LogP contribution in [0.5, 0.6) is 5.88 Å². The molecule has 164 valence electrons. The third-order valence-corrected chi connectivity index (χ3v) is 5.84. The monoisotopic (exact) mass is 468 g/mol. The van der Waals surface area contributed by atoms with E-state index in [0.717, 1.165) is 17.2 Å². The number of aromatic nitrogens is 5. The minimum atomic E-state index is -0.432. The molecule has 0 atom stereocenters. The second-order valence-electron chi connectivity index (χ2n) is 6.36. The Morgan fingerprint density at radius 2 is 1.81 bits per heavy atom. The Morgan fingerprint density at radius 1 is 1.09 bits per heavy atom. The summed E-state index contributed by atoms with van der Waals surface area (Å²) in [4.78, 5) is 45.0. The minimum Gasteiger partial charge on any atom is -0.493 e. The van der Waals surface area contributed by atoms with Crippen LogP contribution in [-0.2, 0) is 12.2 Å². The highest BCUT2D eigenvalue weighted by Crippen LogP contribution is 2.20. The summed E-state index contributed by atoms with van der Waals surface area (Å²) >= 11 is 2.69. The fourth-order valence-corrected chi connectivity index (χ4v) is 4.19. The summed E-state index contributed by atoms with van der Waals surface area (Å²) in [5.74, 6) is 0.774. The number of hydrogen-bond acceptors (Lipinski definition) is 9. The molecular weight excluding hydrogens is 448 g/mol. The average Bonchev–Trinajstić information content (AvgIpc) is 2.77. The summed E-state index contributed by atoms with van der Waals surface area (Å²) in [5, 5.41) is 10.3. The highest BCUT2D eigenvalue weighted by molar-refractivity contribution is 7.99. The minimum absolute atomic E-state index is 0.221. The maximum absolute atomic E-state index is 12.1. The molecule has 9 nitrogen and oxygen atoms in total. The van der Waals surface area contributed by atoms with Gasteiger partial charge < -0.3 is 15.1 Å². The predicted molar refractivity (Wildman–Crippen MR) is 126 cm³/mol. The molecule has 0 saturated heterocycles. The van der Waals surface area contributed by atoms with Crippen molar-refractivity contribution in [1.82, 2.24) is 24.9 Å². The van der Waals surface area contributed by atoms with Crippen LogP contribution in [-0.4, -0.2) is 42.5 Å². The molecule has 3 N–H and O–H groups in total. The van der Waals surface area contributed by atoms with Gasteiger partial charge in [-0.2, -0.15) is 4.98 Å². The standard InChI is InChI=1S/C21H20N6O3S2/c1-22-7-4-14(12-32-21-26-18(29)11-19(30)27-21)2-3-16-10-17(28)25-20(24-16)31-13-15-5-8-23-9-6-15/h2,4-11H,1,3,12-13H2,(H,24,25,28)(H2,26,27,29,30)/b7-4-,14-2+. The number of aliphatic imine (C=N–C) groups is 1. The zero-order valence-electron chi connectivity index (χ0n) is 16.9. The maximum Gasteiger partial charge on any atom is 0.255 e. The highest BCUT2D eigenvalue weighted by atomic mass is 32.2. The Hall–Kier alpha value is -3.44. The van der Waals surface area contributed by atoms with Gasteiger partial charge in [-0.25, -0.2) is 4.98 Å². The quantitative estimate of drug-likeness (QED) is 0.179. The van der Waals surface area contributed by atoms with E-state index >= 15 is 0 Å². The molecule has 0 aliphatic carbocycles. The summed E-state index contributed by atoms with van der Waals surface area (Å²) < 4.78 is 0. The predicted octanol–water partition coefficient (Wildman–Crippen LogP) is 2.72. The van der Waals surface area contributed by atoms with Crippen LogP contribution in [0.15, 0.2) is 85.5 Å². The van der Waals surface area contributed by atoms with E-state index in [9.17, 15) is 14.7 Å². The van der Waals surface area contributed by atoms with Crippen LogP contribution in [0, 0.1) is 0 Å². The Balaban J connectivity index is 1.70. The van der Waals surface area contributed by atoms with Crippen molar-refractivity contribution in [1.29, 1.82) is 0 Å². The number of allylic oxidation sites excluding steroid dienone is 2. The van der Waals surface area contributed by atoms with E-state index < -0.39 is 5.56 Å². The lowest BCUT2D eigenvalue weighted by molar-refractivity contribution is 0.444. The Morgan fingerprint density at radius 3 is 2.53 bits per heavy atom. The molecule has 11 heteroatoms. The number of thioether (sulfide) groups is 2. The van der Waals surface area contributed by atoms with Gasteiger partial charge in [-0.05, 0) is 36.1 Å². The lowest BCUT2D eigenvalue weighted by Gasteiger charge is -2.05. The van der Waals surface area contributed by atoms with Gasteiger partial charge in [0.15, 0.2) is 10.3 Å². The molecule has 0 aromatic carbocycles. The first-order chi connectivity index (χ1) is 15.5. The molecule has 0 spiro atoms. The maximum atomic E-state index is 12.1. The van der Waals surface area contributed by atoms with Gasteiger partial charge >= 0.3 is 0 Å². The highest BCUT2D eigenvalue weighted by Gasteiger charge is 2.05. The van der Waals surface area contributed by atoms with Crippen LogP contribution in [0.25, 0.3) is 0 Å². The van der Waals surface area contributed by atoms with E-state index in [1.165, 1.54) is 29.6 Å². The van der Waals surface area contributed by atoms with Gasteiger partial charge in [-0.1, -0.05) is 29.6 Å². The first kappa shape index (κ1) is 23.2. The van der Waals surface area contributed by atoms with Crippen LogP contribution < -0.4 is 11.1 Å². The van der Waals surface area contributed by atoms with Crippen LogP contribution in [0.3, 0.4) is 0 Å². The van der Waals surface area contributed by atoms with Gasteiger partial charge in [0.25, 0.3) is 11.1 Å². The molecule has 0 bridgehead atoms. The number of hydrogen-bond donors (Lipinski definition) is 3. The van der Waals surface area contributed by atoms with Gasteiger partial charge in [0, 0.05) is 42.6 Å². The van der Waals surface area contributed by atoms with Crippen molar-refractivity contribution in [2.75, 3.05) is 5.75 Å². The number of pyridine rings is 1. The molecule has 0 aliphatic rings. The summed E-state index contributed by atoms with van der Waals surface area (Å²) in [6, 6.07) is 6.29. The zero-order valence-corrected chi connectivity index (χ0v) is 18.5. The van der Waals surface area contributed by atoms with E-state index in [1.807, 2.05) is 18.2 Å². The number of H-pyrrole nitrogens is 2. The van der Waals surface area contributed by atoms with Gasteiger partial charge in [0.05, 0.1) is 11.8 Å². The van der Waals surface area contributed by atoms with Crippen molar-refractivity contribution >= 4 is 30.2 Å². The molecule has 0 amide bonds. The number of rotatable bonds is 10. The van der Waals surface area contributed by atoms with Crippen molar-refractivity contribution in [3.8, 4) is 5.88 Å². The Kier molecular flexibility index (Phi) is 8.58. The number of aromatic amines is 2. The van der Waals surface area contributed by atoms with Crippen molar-refractivity contribution in [3.63, 3.8) is 0 Å². The summed E-state index contributed by atoms with van der Waals surface area (Å²) in [7, 11) is 0. The fraction of sp³-hybridized carbons (Fsp3) is 0.143. The molecule has 0 unspecified atom stereocenters. The van der Waals surface area contributed by atoms with E-state index in [2.05, 4.69) is 36.6 Å². The van der Waals surface area contributed by atoms with Crippen molar-refractivity contribution < 1.29 is 5.11 Å². The van der Waals surface area contributed by atoms with E-state index in [-0.39, 0.29) is 11.4 Å². The molecule has 0 saturated carbocycles. The zero-order chi connectivity index (χ0) is 22.8. The topological polar surface area (TPSA) is 137 Å². The molecule has 0 radical (unpaired) electrons. The van der Waals surface area contributed by atoms with Gasteiger partial charge in [-0.3, -0.25) is 19.6 Å². The Labute approximate surface area is 191 Å². The lowest BCUT2D eigenvalue weighted by Crippen LogP contribution is -2.10. The largest absolute Gasteiger partial charge is 0.493 e. The van der Waals surface area contributed by atoms with Crippen LogP contribution in [0.4, 0.5) is 0 Å². The molecular formula is C21H20N6O3S2. The molecule has 0 aliphatic heterocycles. The van der Waals surface area contributed by atoms with Crippen LogP contribution >= 0.6 is 23.5 Å². The lowest BCUT2D eigenvalue weighted by atomic mass is 10.2. The van der Waals surface area contributed by atoms with E-state index in [0.29, 0.717) is 33.9 Å². The molecule has 3 aromatic rings. The van der Waals surface area contributed by atoms with Crippen molar-refractivity contribution in [2.45, 2.75) is 22.5 Å². The van der Waals surface area contributed by atoms with Crippen LogP contribution in [0.2, 0.25) is 0 Å². The van der Waals surface area contributed by atoms with Gasteiger partial charge in [0.1, 0.15) is 0 Å². The Bertz CT molecular complexity index is 1240. The molecule has 0 fully saturated rings. The molecule has 3 heterocycles. The van der Waals surface area contributed by atoms with E-state index in [1.54, 1.807) is 24.7 Å². The smallest absolute Gasteiger partial charge is 0.255 e. The van der Waals surface area contributed by atoms with Crippen molar-refractivity contribution in [3.05, 3.63) is 92.5 Å². The SMILES string of the molecule is C=N/C=C\C(=C/Cc1cc(=O)[nH]c(SCc2ccncc2)n1)CSc1nc(O)cc(=O)[nH]1. The van der Waals surface area contributed by atoms with Crippen LogP contribution in [0.1, 0.15) is 11.3 Å². The number of aromatic hydroxyl groups is 1. The summed E-state index contributed by atoms with van der Waals surface area (Å²) in [6.07, 6.45) is 9.10. The molecule has 32 heavy (non-hydrogen) atoms. The molecule has 3 rings (SSSR count). The molecule has 3 aromatic heterocycles. The summed E-state index contributed by atoms with van der Waals surface area (Å²) in [5.41, 5.74) is 1.91. The average molecular weight is 469 g/mol. The number of nitrogens with zero attached hydrogens (tertiary/aromatic N) is 4. The second kappa shape index (κ2) is 11.8. The van der Waals surface area contributed by atoms with Crippen molar-refractivity contribution in [2.24, 2.45) is 4.99 Å². The second-order valence-corrected chi connectivity index (χ2v) is 8.29. The third kappa shape index (κ3) is 7.67. The fourth-order valence-electron chi connectivity index (χ4n) is 2.49. The first-order valence-corrected chi connectivity index (χ1v) is 11.4. The third-order valence-electron chi connectivity index (χ3n) is 3.95. The summed E-state index contributed by atoms with van der Waals surface area (Å²) in [6.45, 7) is 3.43. The number of nitrogens with one attached hydrogen (secondary N) is 2. The van der Waals surface area contributed by atoms with E-state index in [4.69, 9.17) is 0 Å². The van der Waals surface area contributed by atoms with Gasteiger partial charge in [-0.15, -0.1) is 0 Å². The normalized spacial score (nSPS) is 11.7. The van der Waals surface area contributed by atoms with Gasteiger partial charge in [0.2, 0.25) is 5.88 Å². The first-order valence-electron chi connectivity index (χ1n) is 9.38.